The van der Waals surface area contributed by atoms with Gasteiger partial charge in [0.25, 0.3) is 0 Å². The molecule has 2 atom stereocenters. The van der Waals surface area contributed by atoms with E-state index >= 15 is 0 Å². The number of amides is 1. The molecule has 2 rings (SSSR count). The summed E-state index contributed by atoms with van der Waals surface area (Å²) in [6.45, 7) is 4.61. The van der Waals surface area contributed by atoms with Gasteiger partial charge in [0, 0.05) is 18.9 Å². The highest BCUT2D eigenvalue weighted by Gasteiger charge is 2.13. The van der Waals surface area contributed by atoms with Crippen LogP contribution in [-0.4, -0.2) is 38.7 Å². The van der Waals surface area contributed by atoms with Crippen molar-refractivity contribution in [2.45, 2.75) is 25.7 Å². The molecule has 0 fully saturated rings. The van der Waals surface area contributed by atoms with Crippen molar-refractivity contribution in [3.63, 3.8) is 0 Å². The monoisotopic (exact) mass is 441 g/mol. The van der Waals surface area contributed by atoms with Crippen LogP contribution in [0.15, 0.2) is 45.5 Å². The van der Waals surface area contributed by atoms with Gasteiger partial charge in [-0.15, -0.1) is 4.36 Å². The van der Waals surface area contributed by atoms with Gasteiger partial charge in [-0.2, -0.15) is 19.8 Å². The highest BCUT2D eigenvalue weighted by molar-refractivity contribution is 7.80. The summed E-state index contributed by atoms with van der Waals surface area (Å²) in [5, 5.41) is 5.33. The number of nitrogens with two attached hydrogens (primary N) is 1. The Morgan fingerprint density at radius 1 is 1.32 bits per heavy atom. The van der Waals surface area contributed by atoms with E-state index in [1.165, 1.54) is 16.2 Å². The van der Waals surface area contributed by atoms with Crippen molar-refractivity contribution in [1.82, 2.24) is 5.06 Å². The lowest BCUT2D eigenvalue weighted by Gasteiger charge is -2.20. The van der Waals surface area contributed by atoms with E-state index in [2.05, 4.69) is 52.0 Å². The summed E-state index contributed by atoms with van der Waals surface area (Å²) in [4.78, 5) is 14.1. The average Bonchev–Trinajstić information content (AvgIpc) is 3.20. The highest BCUT2D eigenvalue weighted by Crippen LogP contribution is 2.28. The van der Waals surface area contributed by atoms with E-state index in [0.29, 0.717) is 12.5 Å². The van der Waals surface area contributed by atoms with Gasteiger partial charge in [0.05, 0.1) is 6.61 Å². The highest BCUT2D eigenvalue weighted by atomic mass is 32.2. The van der Waals surface area contributed by atoms with Crippen LogP contribution in [0.1, 0.15) is 42.4 Å². The van der Waals surface area contributed by atoms with Crippen LogP contribution in [0.3, 0.4) is 0 Å². The van der Waals surface area contributed by atoms with Crippen LogP contribution in [0.4, 0.5) is 0 Å². The Morgan fingerprint density at radius 3 is 2.54 bits per heavy atom. The van der Waals surface area contributed by atoms with Gasteiger partial charge in [-0.1, -0.05) is 38.1 Å². The van der Waals surface area contributed by atoms with Gasteiger partial charge in [0.2, 0.25) is 11.5 Å². The Balaban J connectivity index is 0.00000122. The minimum Gasteiger partial charge on any atom is -0.372 e. The van der Waals surface area contributed by atoms with Crippen molar-refractivity contribution in [2.24, 2.45) is 10.1 Å². The molecule has 7 nitrogen and oxygen atoms in total. The number of carbonyl (C=O) groups excluding carboxylic acids is 1. The Hall–Kier alpha value is -2.14. The van der Waals surface area contributed by atoms with Gasteiger partial charge in [-0.05, 0) is 45.7 Å². The third-order valence-electron chi connectivity index (χ3n) is 3.96. The smallest absolute Gasteiger partial charge is 0.318 e. The van der Waals surface area contributed by atoms with E-state index in [-0.39, 0.29) is 17.4 Å². The minimum absolute atomic E-state index is 0.123. The minimum atomic E-state index is -2.58. The van der Waals surface area contributed by atoms with E-state index in [9.17, 15) is 8.42 Å². The standard InChI is InChI=1S/C17H20N2O3S3.CH3NO/c1-12(10-22-19(3)17(23)18-25(20)21)14-5-4-6-15(9-14)13(2)16-7-8-24-11-16;2-1-3/h4-9,11-13H,10H2,1-3H3;1H,(H2,2,3). The Bertz CT molecular complexity index is 891. The number of rotatable bonds is 6. The molecule has 1 aromatic carbocycles. The van der Waals surface area contributed by atoms with Crippen LogP contribution in [0.5, 0.6) is 0 Å². The normalized spacial score (nSPS) is 12.1. The fraction of sp³-hybridized carbons (Fsp3) is 0.333. The van der Waals surface area contributed by atoms with Crippen LogP contribution in [0, 0.1) is 0 Å². The van der Waals surface area contributed by atoms with Crippen molar-refractivity contribution in [1.29, 1.82) is 0 Å². The molecule has 10 heteroatoms. The second-order valence-electron chi connectivity index (χ2n) is 5.87. The number of hydrogen-bond donors (Lipinski definition) is 1. The molecule has 2 N–H and O–H groups in total. The number of thiophene rings is 1. The number of benzene rings is 1. The topological polar surface area (TPSA) is 102 Å². The first kappa shape index (κ1) is 23.9. The van der Waals surface area contributed by atoms with E-state index in [0.717, 1.165) is 5.56 Å². The molecule has 1 aromatic heterocycles. The van der Waals surface area contributed by atoms with E-state index < -0.39 is 10.5 Å². The molecule has 1 heterocycles. The van der Waals surface area contributed by atoms with Gasteiger partial charge in [-0.25, -0.2) is 5.06 Å². The summed E-state index contributed by atoms with van der Waals surface area (Å²) in [6, 6.07) is 10.6. The first-order valence-electron chi connectivity index (χ1n) is 8.29. The zero-order valence-electron chi connectivity index (χ0n) is 15.8. The first-order chi connectivity index (χ1) is 13.3. The second-order valence-corrected chi connectivity index (χ2v) is 7.63. The number of nitrogens with zero attached hydrogens (tertiary/aromatic N) is 2. The molecule has 0 aliphatic carbocycles. The molecule has 0 bridgehead atoms. The second kappa shape index (κ2) is 12.3. The number of thiocarbonyl (C=S) groups is 1. The molecule has 0 radical (unpaired) electrons. The van der Waals surface area contributed by atoms with Crippen LogP contribution < -0.4 is 5.73 Å². The number of hydroxylamine groups is 2. The summed E-state index contributed by atoms with van der Waals surface area (Å²) in [7, 11) is -1.03. The number of carbonyl (C=O) groups is 1. The predicted molar refractivity (Wildman–Crippen MR) is 115 cm³/mol. The third-order valence-corrected chi connectivity index (χ3v) is 5.45. The fourth-order valence-corrected chi connectivity index (χ4v) is 3.58. The zero-order valence-corrected chi connectivity index (χ0v) is 18.3. The molecule has 1 amide bonds. The van der Waals surface area contributed by atoms with Crippen LogP contribution in [-0.2, 0) is 20.1 Å². The van der Waals surface area contributed by atoms with Gasteiger partial charge in [-0.3, -0.25) is 9.63 Å². The summed E-state index contributed by atoms with van der Waals surface area (Å²) in [6.07, 6.45) is 0.250. The van der Waals surface area contributed by atoms with Crippen LogP contribution in [0.2, 0.25) is 0 Å². The molecule has 2 aromatic rings. The zero-order chi connectivity index (χ0) is 21.1. The average molecular weight is 442 g/mol. The fourth-order valence-electron chi connectivity index (χ4n) is 2.35. The SMILES string of the molecule is CC(CON(C)C(=S)N=S(=O)=O)c1cccc(C(C)c2ccsc2)c1.NC=O. The maximum Gasteiger partial charge on any atom is 0.318 e. The van der Waals surface area contributed by atoms with Crippen molar-refractivity contribution in [2.75, 3.05) is 13.7 Å². The van der Waals surface area contributed by atoms with E-state index in [1.54, 1.807) is 18.4 Å². The van der Waals surface area contributed by atoms with Crippen LogP contribution in [0.25, 0.3) is 0 Å². The van der Waals surface area contributed by atoms with Gasteiger partial charge < -0.3 is 5.73 Å². The summed E-state index contributed by atoms with van der Waals surface area (Å²) in [5.74, 6) is 0.457. The summed E-state index contributed by atoms with van der Waals surface area (Å²) in [5.41, 5.74) is 7.88. The van der Waals surface area contributed by atoms with Crippen LogP contribution >= 0.6 is 23.6 Å². The van der Waals surface area contributed by atoms with Crippen molar-refractivity contribution < 1.29 is 18.0 Å². The molecule has 0 spiro atoms. The lowest BCUT2D eigenvalue weighted by molar-refractivity contribution is -0.106. The van der Waals surface area contributed by atoms with E-state index in [4.69, 9.17) is 21.8 Å². The molecule has 0 aliphatic rings. The molecule has 152 valence electrons. The molecular formula is C18H23N3O4S3. The van der Waals surface area contributed by atoms with Gasteiger partial charge in [0.1, 0.15) is 0 Å². The quantitative estimate of drug-likeness (QED) is 0.419. The molecular weight excluding hydrogens is 418 g/mol. The number of primary amides is 1. The van der Waals surface area contributed by atoms with Gasteiger partial charge in [0.15, 0.2) is 0 Å². The van der Waals surface area contributed by atoms with Crippen molar-refractivity contribution in [3.05, 3.63) is 57.8 Å². The maximum atomic E-state index is 10.5. The Morgan fingerprint density at radius 2 is 1.96 bits per heavy atom. The first-order valence-corrected chi connectivity index (χ1v) is 10.7. The summed E-state index contributed by atoms with van der Waals surface area (Å²) < 4.78 is 24.3. The maximum absolute atomic E-state index is 10.5. The molecule has 28 heavy (non-hydrogen) atoms. The largest absolute Gasteiger partial charge is 0.372 e. The predicted octanol–water partition coefficient (Wildman–Crippen LogP) is 3.32. The Labute approximate surface area is 175 Å². The lowest BCUT2D eigenvalue weighted by atomic mass is 9.91. The van der Waals surface area contributed by atoms with Crippen molar-refractivity contribution >= 4 is 45.6 Å². The van der Waals surface area contributed by atoms with Crippen molar-refractivity contribution in [3.8, 4) is 0 Å². The van der Waals surface area contributed by atoms with Gasteiger partial charge >= 0.3 is 10.5 Å². The Kier molecular flexibility index (Phi) is 10.5. The third kappa shape index (κ3) is 7.85. The lowest BCUT2D eigenvalue weighted by Crippen LogP contribution is -2.25. The molecule has 0 aliphatic heterocycles. The number of hydrogen-bond acceptors (Lipinski definition) is 6. The van der Waals surface area contributed by atoms with E-state index in [1.807, 2.05) is 13.0 Å². The molecule has 0 saturated heterocycles. The molecule has 0 saturated carbocycles. The summed E-state index contributed by atoms with van der Waals surface area (Å²) >= 11 is 6.57. The molecule has 2 unspecified atom stereocenters.